The molecule has 0 spiro atoms. The maximum Gasteiger partial charge on any atom is 0.246 e. The van der Waals surface area contributed by atoms with Gasteiger partial charge in [-0.3, -0.25) is 4.90 Å². The number of aryl methyl sites for hydroxylation is 2. The van der Waals surface area contributed by atoms with Crippen molar-refractivity contribution in [2.24, 2.45) is 5.73 Å². The second-order valence-electron chi connectivity index (χ2n) is 5.76. The van der Waals surface area contributed by atoms with E-state index in [2.05, 4.69) is 18.7 Å². The fourth-order valence-electron chi connectivity index (χ4n) is 2.87. The number of hydrogen-bond donors (Lipinski definition) is 1. The monoisotopic (exact) mass is 315 g/mol. The highest BCUT2D eigenvalue weighted by Crippen LogP contribution is 2.29. The fraction of sp³-hybridized carbons (Fsp3) is 0.714. The summed E-state index contributed by atoms with van der Waals surface area (Å²) in [5.74, 6) is 1.02. The van der Waals surface area contributed by atoms with Crippen molar-refractivity contribution in [3.8, 4) is 0 Å². The van der Waals surface area contributed by atoms with Gasteiger partial charge in [0.25, 0.3) is 0 Å². The lowest BCUT2D eigenvalue weighted by atomic mass is 10.2. The van der Waals surface area contributed by atoms with E-state index in [-0.39, 0.29) is 11.4 Å². The third-order valence-corrected chi connectivity index (χ3v) is 6.23. The molecule has 21 heavy (non-hydrogen) atoms. The lowest BCUT2D eigenvalue weighted by Gasteiger charge is -2.36. The zero-order valence-corrected chi connectivity index (χ0v) is 14.0. The summed E-state index contributed by atoms with van der Waals surface area (Å²) in [6, 6.07) is 0.437. The molecule has 0 amide bonds. The average Bonchev–Trinajstić information content (AvgIpc) is 2.73. The summed E-state index contributed by atoms with van der Waals surface area (Å²) in [5.41, 5.74) is 6.30. The van der Waals surface area contributed by atoms with Gasteiger partial charge in [-0.1, -0.05) is 0 Å². The van der Waals surface area contributed by atoms with E-state index in [0.29, 0.717) is 36.2 Å². The van der Waals surface area contributed by atoms with Crippen LogP contribution >= 0.6 is 0 Å². The molecule has 6 nitrogen and oxygen atoms in total. The molecule has 7 heteroatoms. The Morgan fingerprint density at radius 1 is 1.14 bits per heavy atom. The molecule has 2 heterocycles. The Hall–Kier alpha value is -0.890. The smallest absolute Gasteiger partial charge is 0.246 e. The van der Waals surface area contributed by atoms with Gasteiger partial charge in [-0.05, 0) is 27.7 Å². The van der Waals surface area contributed by atoms with Crippen LogP contribution in [0.2, 0.25) is 0 Å². The minimum atomic E-state index is -3.53. The number of nitrogens with zero attached hydrogens (tertiary/aromatic N) is 2. The molecule has 0 radical (unpaired) electrons. The Bertz CT molecular complexity index is 599. The molecule has 0 aliphatic carbocycles. The summed E-state index contributed by atoms with van der Waals surface area (Å²) in [6.07, 6.45) is 0. The van der Waals surface area contributed by atoms with Gasteiger partial charge in [-0.25, -0.2) is 8.42 Å². The van der Waals surface area contributed by atoms with E-state index in [1.54, 1.807) is 18.2 Å². The second kappa shape index (κ2) is 6.08. The zero-order valence-electron chi connectivity index (χ0n) is 13.2. The molecule has 0 atom stereocenters. The summed E-state index contributed by atoms with van der Waals surface area (Å²) >= 11 is 0. The van der Waals surface area contributed by atoms with Crippen LogP contribution in [0.4, 0.5) is 0 Å². The minimum absolute atomic E-state index is 0.170. The van der Waals surface area contributed by atoms with Crippen LogP contribution in [0.25, 0.3) is 0 Å². The molecule has 1 aliphatic heterocycles. The number of piperazine rings is 1. The van der Waals surface area contributed by atoms with E-state index in [9.17, 15) is 8.42 Å². The molecule has 0 bridgehead atoms. The molecule has 1 saturated heterocycles. The van der Waals surface area contributed by atoms with Gasteiger partial charge < -0.3 is 10.2 Å². The van der Waals surface area contributed by atoms with Gasteiger partial charge in [0.1, 0.15) is 16.4 Å². The zero-order chi connectivity index (χ0) is 15.8. The van der Waals surface area contributed by atoms with Crippen molar-refractivity contribution in [1.82, 2.24) is 9.21 Å². The number of sulfonamides is 1. The van der Waals surface area contributed by atoms with Crippen molar-refractivity contribution >= 4 is 10.0 Å². The topological polar surface area (TPSA) is 79.8 Å². The van der Waals surface area contributed by atoms with Gasteiger partial charge in [-0.2, -0.15) is 4.31 Å². The van der Waals surface area contributed by atoms with Crippen LogP contribution in [0.1, 0.15) is 30.9 Å². The van der Waals surface area contributed by atoms with Crippen molar-refractivity contribution in [3.05, 3.63) is 17.1 Å². The molecular weight excluding hydrogens is 290 g/mol. The number of hydrogen-bond acceptors (Lipinski definition) is 5. The van der Waals surface area contributed by atoms with Gasteiger partial charge in [-0.15, -0.1) is 0 Å². The van der Waals surface area contributed by atoms with Crippen molar-refractivity contribution in [1.29, 1.82) is 0 Å². The first kappa shape index (κ1) is 16.5. The predicted octanol–water partition coefficient (Wildman–Crippen LogP) is 1.07. The summed E-state index contributed by atoms with van der Waals surface area (Å²) in [5, 5.41) is 0. The maximum absolute atomic E-state index is 12.9. The quantitative estimate of drug-likeness (QED) is 0.899. The van der Waals surface area contributed by atoms with Crippen molar-refractivity contribution in [2.75, 3.05) is 26.2 Å². The van der Waals surface area contributed by atoms with E-state index in [4.69, 9.17) is 10.2 Å². The molecule has 0 saturated carbocycles. The lowest BCUT2D eigenvalue weighted by Crippen LogP contribution is -2.50. The number of nitrogens with two attached hydrogens (primary N) is 1. The minimum Gasteiger partial charge on any atom is -0.465 e. The van der Waals surface area contributed by atoms with Gasteiger partial charge in [0.2, 0.25) is 10.0 Å². The van der Waals surface area contributed by atoms with E-state index < -0.39 is 10.0 Å². The average molecular weight is 315 g/mol. The first-order valence-corrected chi connectivity index (χ1v) is 8.76. The summed E-state index contributed by atoms with van der Waals surface area (Å²) in [6.45, 7) is 10.4. The Kier molecular flexibility index (Phi) is 4.77. The highest BCUT2D eigenvalue weighted by Gasteiger charge is 2.34. The summed E-state index contributed by atoms with van der Waals surface area (Å²) < 4.78 is 32.8. The van der Waals surface area contributed by atoms with Crippen molar-refractivity contribution in [3.63, 3.8) is 0 Å². The maximum atomic E-state index is 12.9. The predicted molar refractivity (Wildman–Crippen MR) is 81.5 cm³/mol. The third kappa shape index (κ3) is 3.01. The second-order valence-corrected chi connectivity index (χ2v) is 7.63. The Morgan fingerprint density at radius 2 is 1.71 bits per heavy atom. The van der Waals surface area contributed by atoms with E-state index in [1.807, 2.05) is 0 Å². The molecule has 1 aliphatic rings. The molecule has 120 valence electrons. The summed E-state index contributed by atoms with van der Waals surface area (Å²) in [7, 11) is -3.53. The van der Waals surface area contributed by atoms with Crippen LogP contribution < -0.4 is 5.73 Å². The summed E-state index contributed by atoms with van der Waals surface area (Å²) in [4.78, 5) is 2.55. The molecule has 2 N–H and O–H groups in total. The van der Waals surface area contributed by atoms with Crippen molar-refractivity contribution < 1.29 is 12.8 Å². The largest absolute Gasteiger partial charge is 0.465 e. The van der Waals surface area contributed by atoms with Crippen LogP contribution in [-0.2, 0) is 16.6 Å². The molecular formula is C14H25N3O3S. The molecule has 1 fully saturated rings. The molecule has 1 aromatic heterocycles. The van der Waals surface area contributed by atoms with Crippen LogP contribution in [0.3, 0.4) is 0 Å². The van der Waals surface area contributed by atoms with Crippen LogP contribution in [0.15, 0.2) is 9.31 Å². The third-order valence-electron chi connectivity index (χ3n) is 4.13. The van der Waals surface area contributed by atoms with Gasteiger partial charge in [0, 0.05) is 44.3 Å². The molecule has 2 rings (SSSR count). The normalized spacial score (nSPS) is 18.6. The van der Waals surface area contributed by atoms with E-state index in [0.717, 1.165) is 13.1 Å². The van der Waals surface area contributed by atoms with Crippen LogP contribution in [0.5, 0.6) is 0 Å². The fourth-order valence-corrected chi connectivity index (χ4v) is 4.72. The first-order chi connectivity index (χ1) is 9.78. The van der Waals surface area contributed by atoms with Crippen molar-refractivity contribution in [2.45, 2.75) is 45.2 Å². The molecule has 0 aromatic carbocycles. The highest BCUT2D eigenvalue weighted by atomic mass is 32.2. The number of rotatable bonds is 4. The van der Waals surface area contributed by atoms with Gasteiger partial charge in [0.15, 0.2) is 0 Å². The highest BCUT2D eigenvalue weighted by molar-refractivity contribution is 7.89. The molecule has 0 unspecified atom stereocenters. The van der Waals surface area contributed by atoms with Crippen LogP contribution in [0, 0.1) is 13.8 Å². The first-order valence-electron chi connectivity index (χ1n) is 7.32. The Morgan fingerprint density at radius 3 is 2.19 bits per heavy atom. The van der Waals surface area contributed by atoms with Gasteiger partial charge in [0.05, 0.1) is 0 Å². The Balaban J connectivity index is 2.28. The van der Waals surface area contributed by atoms with Gasteiger partial charge >= 0.3 is 0 Å². The number of furan rings is 1. The standard InChI is InChI=1S/C14H25N3O3S/c1-10(2)16-5-7-17(8-6-16)21(18,19)14-12(4)20-11(3)13(14)9-15/h10H,5-9,15H2,1-4H3. The molecule has 1 aromatic rings. The lowest BCUT2D eigenvalue weighted by molar-refractivity contribution is 0.154. The van der Waals surface area contributed by atoms with E-state index >= 15 is 0 Å². The van der Waals surface area contributed by atoms with Crippen LogP contribution in [-0.4, -0.2) is 49.8 Å². The van der Waals surface area contributed by atoms with E-state index in [1.165, 1.54) is 0 Å². The SMILES string of the molecule is Cc1oc(C)c(S(=O)(=O)N2CCN(C(C)C)CC2)c1CN. The Labute approximate surface area is 126 Å².